The summed E-state index contributed by atoms with van der Waals surface area (Å²) in [5.41, 5.74) is 6.07. The number of rotatable bonds is 9. The lowest BCUT2D eigenvalue weighted by Crippen LogP contribution is -2.20. The number of hydrogen-bond donors (Lipinski definition) is 2. The van der Waals surface area contributed by atoms with Crippen LogP contribution in [0.25, 0.3) is 17.1 Å². The molecule has 0 saturated carbocycles. The van der Waals surface area contributed by atoms with Crippen LogP contribution in [0, 0.1) is 6.92 Å². The standard InChI is InChI=1S/C26H24ClN5O3S/c1-3-35-23-14-18(6-13-22(23)33)15-28-29-24(34)16-36-26-31-30-25(19-7-4-17(2)5-8-19)32(26)21-11-9-20(27)10-12-21/h4-15,33H,3,16H2,1-2H3,(H,29,34)/b28-15-. The third kappa shape index (κ3) is 6.24. The van der Waals surface area contributed by atoms with Crippen molar-refractivity contribution in [3.63, 3.8) is 0 Å². The SMILES string of the molecule is CCOc1cc(/C=N\NC(=O)CSc2nnc(-c3ccc(C)cc3)n2-c2ccc(Cl)cc2)ccc1O. The molecule has 1 heterocycles. The normalized spacial score (nSPS) is 11.1. The second-order valence-corrected chi connectivity index (χ2v) is 9.10. The van der Waals surface area contributed by atoms with E-state index in [-0.39, 0.29) is 17.4 Å². The largest absolute Gasteiger partial charge is 0.504 e. The van der Waals surface area contributed by atoms with Crippen molar-refractivity contribution in [3.8, 4) is 28.6 Å². The number of thioether (sulfide) groups is 1. The molecule has 0 aliphatic carbocycles. The molecule has 0 aliphatic rings. The first-order valence-corrected chi connectivity index (χ1v) is 12.5. The van der Waals surface area contributed by atoms with Crippen molar-refractivity contribution < 1.29 is 14.6 Å². The molecule has 1 aromatic heterocycles. The fraction of sp³-hybridized carbons (Fsp3) is 0.154. The predicted molar refractivity (Wildman–Crippen MR) is 142 cm³/mol. The van der Waals surface area contributed by atoms with Gasteiger partial charge in [0.25, 0.3) is 5.91 Å². The summed E-state index contributed by atoms with van der Waals surface area (Å²) in [6.45, 7) is 4.28. The number of phenols is 1. The van der Waals surface area contributed by atoms with Gasteiger partial charge in [-0.05, 0) is 61.9 Å². The minimum absolute atomic E-state index is 0.0456. The number of halogens is 1. The summed E-state index contributed by atoms with van der Waals surface area (Å²) >= 11 is 7.33. The fourth-order valence-electron chi connectivity index (χ4n) is 3.30. The van der Waals surface area contributed by atoms with E-state index >= 15 is 0 Å². The second-order valence-electron chi connectivity index (χ2n) is 7.73. The quantitative estimate of drug-likeness (QED) is 0.177. The molecule has 0 fully saturated rings. The van der Waals surface area contributed by atoms with Crippen LogP contribution in [0.3, 0.4) is 0 Å². The first-order valence-electron chi connectivity index (χ1n) is 11.1. The number of nitrogens with one attached hydrogen (secondary N) is 1. The van der Waals surface area contributed by atoms with Crippen LogP contribution < -0.4 is 10.2 Å². The molecule has 3 aromatic carbocycles. The topological polar surface area (TPSA) is 102 Å². The molecule has 2 N–H and O–H groups in total. The van der Waals surface area contributed by atoms with Crippen LogP contribution in [0.4, 0.5) is 0 Å². The zero-order valence-corrected chi connectivity index (χ0v) is 21.3. The van der Waals surface area contributed by atoms with Crippen molar-refractivity contribution >= 4 is 35.5 Å². The van der Waals surface area contributed by atoms with Gasteiger partial charge in [0, 0.05) is 16.3 Å². The summed E-state index contributed by atoms with van der Waals surface area (Å²) in [5.74, 6) is 0.841. The number of aryl methyl sites for hydroxylation is 1. The number of aromatic nitrogens is 3. The monoisotopic (exact) mass is 521 g/mol. The summed E-state index contributed by atoms with van der Waals surface area (Å²) in [7, 11) is 0. The summed E-state index contributed by atoms with van der Waals surface area (Å²) in [5, 5.41) is 23.7. The summed E-state index contributed by atoms with van der Waals surface area (Å²) in [4.78, 5) is 12.5. The minimum Gasteiger partial charge on any atom is -0.504 e. The number of phenolic OH excluding ortho intramolecular Hbond substituents is 1. The lowest BCUT2D eigenvalue weighted by Gasteiger charge is -2.10. The van der Waals surface area contributed by atoms with Crippen molar-refractivity contribution in [1.29, 1.82) is 0 Å². The zero-order chi connectivity index (χ0) is 25.5. The zero-order valence-electron chi connectivity index (χ0n) is 19.7. The average molecular weight is 522 g/mol. The van der Waals surface area contributed by atoms with E-state index in [9.17, 15) is 9.90 Å². The van der Waals surface area contributed by atoms with Crippen molar-refractivity contribution in [2.75, 3.05) is 12.4 Å². The molecule has 0 saturated heterocycles. The molecule has 36 heavy (non-hydrogen) atoms. The molecule has 8 nitrogen and oxygen atoms in total. The molecule has 4 rings (SSSR count). The van der Waals surface area contributed by atoms with E-state index in [1.165, 1.54) is 24.0 Å². The molecule has 0 spiro atoms. The highest BCUT2D eigenvalue weighted by atomic mass is 35.5. The van der Waals surface area contributed by atoms with Crippen LogP contribution >= 0.6 is 23.4 Å². The highest BCUT2D eigenvalue weighted by molar-refractivity contribution is 7.99. The van der Waals surface area contributed by atoms with Gasteiger partial charge in [-0.25, -0.2) is 5.43 Å². The highest BCUT2D eigenvalue weighted by Crippen LogP contribution is 2.29. The Morgan fingerprint density at radius 1 is 1.14 bits per heavy atom. The Morgan fingerprint density at radius 2 is 1.89 bits per heavy atom. The molecule has 0 atom stereocenters. The molecule has 0 aliphatic heterocycles. The van der Waals surface area contributed by atoms with Crippen LogP contribution in [0.5, 0.6) is 11.5 Å². The van der Waals surface area contributed by atoms with Gasteiger partial charge in [-0.1, -0.05) is 53.2 Å². The molecule has 0 unspecified atom stereocenters. The highest BCUT2D eigenvalue weighted by Gasteiger charge is 2.17. The molecule has 184 valence electrons. The van der Waals surface area contributed by atoms with E-state index in [0.29, 0.717) is 33.9 Å². The lowest BCUT2D eigenvalue weighted by atomic mass is 10.1. The van der Waals surface area contributed by atoms with Gasteiger partial charge in [-0.3, -0.25) is 9.36 Å². The first kappa shape index (κ1) is 25.3. The Kier molecular flexibility index (Phi) is 8.24. The molecular formula is C26H24ClN5O3S. The van der Waals surface area contributed by atoms with Crippen LogP contribution in [0.2, 0.25) is 5.02 Å². The van der Waals surface area contributed by atoms with Crippen molar-refractivity contribution in [2.24, 2.45) is 5.10 Å². The Bertz CT molecular complexity index is 1370. The molecule has 10 heteroatoms. The van der Waals surface area contributed by atoms with Gasteiger partial charge < -0.3 is 9.84 Å². The smallest absolute Gasteiger partial charge is 0.250 e. The molecular weight excluding hydrogens is 498 g/mol. The minimum atomic E-state index is -0.303. The van der Waals surface area contributed by atoms with Crippen LogP contribution in [0.15, 0.2) is 77.0 Å². The molecule has 1 amide bonds. The number of carbonyl (C=O) groups excluding carboxylic acids is 1. The van der Waals surface area contributed by atoms with Crippen molar-refractivity contribution in [3.05, 3.63) is 82.9 Å². The van der Waals surface area contributed by atoms with Gasteiger partial charge in [0.15, 0.2) is 22.5 Å². The van der Waals surface area contributed by atoms with E-state index in [1.807, 2.05) is 54.8 Å². The van der Waals surface area contributed by atoms with Crippen molar-refractivity contribution in [1.82, 2.24) is 20.2 Å². The van der Waals surface area contributed by atoms with Gasteiger partial charge in [-0.2, -0.15) is 5.10 Å². The number of ether oxygens (including phenoxy) is 1. The maximum absolute atomic E-state index is 12.5. The van der Waals surface area contributed by atoms with Gasteiger partial charge >= 0.3 is 0 Å². The summed E-state index contributed by atoms with van der Waals surface area (Å²) in [6.07, 6.45) is 1.48. The fourth-order valence-corrected chi connectivity index (χ4v) is 4.17. The number of nitrogens with zero attached hydrogens (tertiary/aromatic N) is 4. The van der Waals surface area contributed by atoms with Gasteiger partial charge in [-0.15, -0.1) is 10.2 Å². The van der Waals surface area contributed by atoms with Gasteiger partial charge in [0.05, 0.1) is 18.6 Å². The number of hydrogen-bond acceptors (Lipinski definition) is 7. The van der Waals surface area contributed by atoms with Gasteiger partial charge in [0.1, 0.15) is 0 Å². The second kappa shape index (κ2) is 11.7. The number of carbonyl (C=O) groups is 1. The Morgan fingerprint density at radius 3 is 2.61 bits per heavy atom. The summed E-state index contributed by atoms with van der Waals surface area (Å²) in [6, 6.07) is 20.2. The molecule has 0 bridgehead atoms. The van der Waals surface area contributed by atoms with E-state index in [1.54, 1.807) is 24.3 Å². The number of hydrazone groups is 1. The molecule has 4 aromatic rings. The lowest BCUT2D eigenvalue weighted by molar-refractivity contribution is -0.118. The molecule has 0 radical (unpaired) electrons. The van der Waals surface area contributed by atoms with Crippen LogP contribution in [-0.2, 0) is 4.79 Å². The first-order chi connectivity index (χ1) is 17.4. The van der Waals surface area contributed by atoms with E-state index in [2.05, 4.69) is 20.7 Å². The summed E-state index contributed by atoms with van der Waals surface area (Å²) < 4.78 is 7.26. The van der Waals surface area contributed by atoms with E-state index < -0.39 is 0 Å². The van der Waals surface area contributed by atoms with Gasteiger partial charge in [0.2, 0.25) is 0 Å². The third-order valence-electron chi connectivity index (χ3n) is 5.05. The third-order valence-corrected chi connectivity index (χ3v) is 6.23. The number of aromatic hydroxyl groups is 1. The number of amides is 1. The van der Waals surface area contributed by atoms with Crippen LogP contribution in [-0.4, -0.2) is 44.4 Å². The van der Waals surface area contributed by atoms with Crippen LogP contribution in [0.1, 0.15) is 18.1 Å². The average Bonchev–Trinajstić information content (AvgIpc) is 3.29. The van der Waals surface area contributed by atoms with Crippen molar-refractivity contribution in [2.45, 2.75) is 19.0 Å². The number of benzene rings is 3. The van der Waals surface area contributed by atoms with E-state index in [0.717, 1.165) is 16.8 Å². The maximum atomic E-state index is 12.5. The van der Waals surface area contributed by atoms with E-state index in [4.69, 9.17) is 16.3 Å². The Balaban J connectivity index is 1.47. The Labute approximate surface area is 218 Å². The maximum Gasteiger partial charge on any atom is 0.250 e. The Hall–Kier alpha value is -3.82. The predicted octanol–water partition coefficient (Wildman–Crippen LogP) is 5.24.